The Morgan fingerprint density at radius 2 is 2.00 bits per heavy atom. The second kappa shape index (κ2) is 3.81. The van der Waals surface area contributed by atoms with E-state index in [0.717, 1.165) is 16.5 Å². The van der Waals surface area contributed by atoms with Gasteiger partial charge in [0.1, 0.15) is 0 Å². The van der Waals surface area contributed by atoms with E-state index in [1.54, 1.807) is 6.20 Å². The molecule has 15 heavy (non-hydrogen) atoms. The van der Waals surface area contributed by atoms with Gasteiger partial charge in [-0.15, -0.1) is 0 Å². The number of fused-ring (bicyclic) bond motifs is 1. The molecule has 80 valence electrons. The number of aromatic amines is 1. The van der Waals surface area contributed by atoms with Crippen LogP contribution in [-0.2, 0) is 11.0 Å². The van der Waals surface area contributed by atoms with Gasteiger partial charge in [-0.05, 0) is 18.1 Å². The fourth-order valence-electron chi connectivity index (χ4n) is 1.60. The van der Waals surface area contributed by atoms with Crippen LogP contribution in [0, 0.1) is 0 Å². The molecule has 0 spiro atoms. The maximum absolute atomic E-state index is 10.7. The van der Waals surface area contributed by atoms with E-state index >= 15 is 0 Å². The third-order valence-corrected chi connectivity index (χ3v) is 3.15. The van der Waals surface area contributed by atoms with Gasteiger partial charge in [0.25, 0.3) is 0 Å². The van der Waals surface area contributed by atoms with E-state index in [0.29, 0.717) is 6.42 Å². The van der Waals surface area contributed by atoms with Gasteiger partial charge >= 0.3 is 7.60 Å². The van der Waals surface area contributed by atoms with Crippen molar-refractivity contribution in [1.29, 1.82) is 0 Å². The number of hydrogen-bond acceptors (Lipinski definition) is 1. The van der Waals surface area contributed by atoms with Crippen molar-refractivity contribution < 1.29 is 14.4 Å². The zero-order chi connectivity index (χ0) is 10.9. The molecule has 0 aliphatic heterocycles. The zero-order valence-corrected chi connectivity index (χ0v) is 8.95. The van der Waals surface area contributed by atoms with Crippen molar-refractivity contribution in [2.24, 2.45) is 0 Å². The van der Waals surface area contributed by atoms with Crippen molar-refractivity contribution in [3.05, 3.63) is 36.0 Å². The number of hydrogen-bond donors (Lipinski definition) is 3. The number of benzene rings is 1. The van der Waals surface area contributed by atoms with Crippen LogP contribution in [0.1, 0.15) is 5.56 Å². The molecule has 0 bridgehead atoms. The standard InChI is InChI=1S/C10H12NO3P/c12-15(13,14)6-5-8-7-11-10-4-2-1-3-9(8)10/h1-4,7,11H,5-6H2,(H2,12,13,14). The summed E-state index contributed by atoms with van der Waals surface area (Å²) in [6.07, 6.45) is 2.10. The van der Waals surface area contributed by atoms with E-state index in [2.05, 4.69) is 4.98 Å². The Bertz CT molecular complexity index is 514. The minimum Gasteiger partial charge on any atom is -0.361 e. The van der Waals surface area contributed by atoms with E-state index < -0.39 is 7.60 Å². The normalized spacial score (nSPS) is 12.1. The van der Waals surface area contributed by atoms with E-state index in [-0.39, 0.29) is 6.16 Å². The summed E-state index contributed by atoms with van der Waals surface area (Å²) in [4.78, 5) is 20.7. The minimum absolute atomic E-state index is 0.102. The van der Waals surface area contributed by atoms with Gasteiger partial charge in [0.15, 0.2) is 0 Å². The van der Waals surface area contributed by atoms with Crippen molar-refractivity contribution in [3.8, 4) is 0 Å². The highest BCUT2D eigenvalue weighted by molar-refractivity contribution is 7.51. The molecule has 0 radical (unpaired) electrons. The molecule has 0 atom stereocenters. The molecule has 1 aromatic heterocycles. The quantitative estimate of drug-likeness (QED) is 0.698. The molecule has 5 heteroatoms. The van der Waals surface area contributed by atoms with Gasteiger partial charge in [-0.1, -0.05) is 18.2 Å². The van der Waals surface area contributed by atoms with Crippen LogP contribution < -0.4 is 0 Å². The van der Waals surface area contributed by atoms with Crippen molar-refractivity contribution in [1.82, 2.24) is 4.98 Å². The SMILES string of the molecule is O=P(O)(O)CCc1c[nH]c2ccccc12. The predicted octanol–water partition coefficient (Wildman–Crippen LogP) is 1.89. The topological polar surface area (TPSA) is 73.3 Å². The summed E-state index contributed by atoms with van der Waals surface area (Å²) in [5.41, 5.74) is 1.95. The molecule has 3 N–H and O–H groups in total. The number of rotatable bonds is 3. The fourth-order valence-corrected chi connectivity index (χ4v) is 2.14. The molecule has 0 fully saturated rings. The summed E-state index contributed by atoms with van der Waals surface area (Å²) in [7, 11) is -3.90. The van der Waals surface area contributed by atoms with Crippen molar-refractivity contribution in [2.45, 2.75) is 6.42 Å². The smallest absolute Gasteiger partial charge is 0.325 e. The van der Waals surface area contributed by atoms with Gasteiger partial charge in [0.2, 0.25) is 0 Å². The van der Waals surface area contributed by atoms with Gasteiger partial charge in [-0.25, -0.2) is 0 Å². The third kappa shape index (κ3) is 2.48. The molecule has 0 unspecified atom stereocenters. The highest BCUT2D eigenvalue weighted by Gasteiger charge is 2.13. The van der Waals surface area contributed by atoms with Crippen molar-refractivity contribution in [3.63, 3.8) is 0 Å². The van der Waals surface area contributed by atoms with E-state index in [1.165, 1.54) is 0 Å². The van der Waals surface area contributed by atoms with E-state index in [9.17, 15) is 4.57 Å². The molecule has 0 amide bonds. The summed E-state index contributed by atoms with van der Waals surface area (Å²) in [5.74, 6) is 0. The maximum Gasteiger partial charge on any atom is 0.325 e. The molecule has 1 heterocycles. The Balaban J connectivity index is 2.25. The van der Waals surface area contributed by atoms with Gasteiger partial charge < -0.3 is 14.8 Å². The average molecular weight is 225 g/mol. The molecule has 0 saturated carbocycles. The highest BCUT2D eigenvalue weighted by atomic mass is 31.2. The van der Waals surface area contributed by atoms with Crippen LogP contribution in [0.15, 0.2) is 30.5 Å². The molecule has 4 nitrogen and oxygen atoms in total. The molecule has 2 rings (SSSR count). The number of para-hydroxylation sites is 1. The van der Waals surface area contributed by atoms with Crippen molar-refractivity contribution >= 4 is 18.5 Å². The van der Waals surface area contributed by atoms with Gasteiger partial charge in [0.05, 0.1) is 6.16 Å². The Labute approximate surface area is 87.1 Å². The lowest BCUT2D eigenvalue weighted by atomic mass is 10.1. The lowest BCUT2D eigenvalue weighted by Gasteiger charge is -2.02. The first kappa shape index (κ1) is 10.4. The number of H-pyrrole nitrogens is 1. The lowest BCUT2D eigenvalue weighted by Crippen LogP contribution is -1.92. The molecule has 0 aliphatic rings. The summed E-state index contributed by atoms with van der Waals surface area (Å²) < 4.78 is 10.7. The second-order valence-electron chi connectivity index (χ2n) is 3.50. The highest BCUT2D eigenvalue weighted by Crippen LogP contribution is 2.35. The third-order valence-electron chi connectivity index (χ3n) is 2.35. The number of nitrogens with one attached hydrogen (secondary N) is 1. The Morgan fingerprint density at radius 3 is 2.73 bits per heavy atom. The monoisotopic (exact) mass is 225 g/mol. The Kier molecular flexibility index (Phi) is 2.65. The number of aromatic nitrogens is 1. The summed E-state index contributed by atoms with van der Waals surface area (Å²) >= 11 is 0. The van der Waals surface area contributed by atoms with Crippen LogP contribution in [-0.4, -0.2) is 20.9 Å². The number of aryl methyl sites for hydroxylation is 1. The predicted molar refractivity (Wildman–Crippen MR) is 58.9 cm³/mol. The molecular weight excluding hydrogens is 213 g/mol. The van der Waals surface area contributed by atoms with E-state index in [1.807, 2.05) is 24.3 Å². The maximum atomic E-state index is 10.7. The van der Waals surface area contributed by atoms with Crippen LogP contribution in [0.3, 0.4) is 0 Å². The largest absolute Gasteiger partial charge is 0.361 e. The second-order valence-corrected chi connectivity index (χ2v) is 5.27. The average Bonchev–Trinajstić information content (AvgIpc) is 2.57. The van der Waals surface area contributed by atoms with Gasteiger partial charge in [0, 0.05) is 17.1 Å². The van der Waals surface area contributed by atoms with Crippen LogP contribution in [0.25, 0.3) is 10.9 Å². The molecule has 0 saturated heterocycles. The summed E-state index contributed by atoms with van der Waals surface area (Å²) in [6, 6.07) is 7.72. The van der Waals surface area contributed by atoms with Crippen molar-refractivity contribution in [2.75, 3.05) is 6.16 Å². The first-order chi connectivity index (χ1) is 7.06. The first-order valence-electron chi connectivity index (χ1n) is 4.66. The summed E-state index contributed by atoms with van der Waals surface area (Å²) in [5, 5.41) is 1.03. The fraction of sp³-hybridized carbons (Fsp3) is 0.200. The first-order valence-corrected chi connectivity index (χ1v) is 6.45. The molecule has 1 aromatic carbocycles. The van der Waals surface area contributed by atoms with Crippen LogP contribution >= 0.6 is 7.60 Å². The Hall–Kier alpha value is -1.09. The molecule has 0 aliphatic carbocycles. The summed E-state index contributed by atoms with van der Waals surface area (Å²) in [6.45, 7) is 0. The minimum atomic E-state index is -3.90. The Morgan fingerprint density at radius 1 is 1.27 bits per heavy atom. The lowest BCUT2D eigenvalue weighted by molar-refractivity contribution is 0.373. The van der Waals surface area contributed by atoms with Crippen LogP contribution in [0.4, 0.5) is 0 Å². The van der Waals surface area contributed by atoms with Crippen LogP contribution in [0.2, 0.25) is 0 Å². The molecule has 2 aromatic rings. The van der Waals surface area contributed by atoms with Gasteiger partial charge in [-0.3, -0.25) is 4.57 Å². The zero-order valence-electron chi connectivity index (χ0n) is 8.05. The van der Waals surface area contributed by atoms with Gasteiger partial charge in [-0.2, -0.15) is 0 Å². The molecular formula is C10H12NO3P. The van der Waals surface area contributed by atoms with Crippen LogP contribution in [0.5, 0.6) is 0 Å². The van der Waals surface area contributed by atoms with E-state index in [4.69, 9.17) is 9.79 Å².